The van der Waals surface area contributed by atoms with Crippen LogP contribution in [0.15, 0.2) is 113 Å². The first-order chi connectivity index (χ1) is 19.4. The van der Waals surface area contributed by atoms with Gasteiger partial charge in [0.05, 0.1) is 23.4 Å². The van der Waals surface area contributed by atoms with Crippen molar-refractivity contribution in [1.29, 1.82) is 0 Å². The van der Waals surface area contributed by atoms with Crippen LogP contribution in [0, 0.1) is 0 Å². The van der Waals surface area contributed by atoms with E-state index in [1.807, 2.05) is 37.3 Å². The fourth-order valence-electron chi connectivity index (χ4n) is 3.72. The van der Waals surface area contributed by atoms with Gasteiger partial charge in [0.25, 0.3) is 15.9 Å². The number of hydrogen-bond acceptors (Lipinski definition) is 6. The second-order valence-electron chi connectivity index (χ2n) is 8.51. The number of benzene rings is 4. The van der Waals surface area contributed by atoms with Gasteiger partial charge < -0.3 is 9.47 Å². The number of carbonyl (C=O) groups is 1. The van der Waals surface area contributed by atoms with Crippen molar-refractivity contribution in [2.24, 2.45) is 5.10 Å². The molecule has 0 aliphatic heterocycles. The van der Waals surface area contributed by atoms with E-state index in [9.17, 15) is 13.2 Å². The Kier molecular flexibility index (Phi) is 9.77. The zero-order chi connectivity index (χ0) is 28.4. The van der Waals surface area contributed by atoms with Gasteiger partial charge in [-0.1, -0.05) is 60.1 Å². The van der Waals surface area contributed by atoms with Gasteiger partial charge in [0, 0.05) is 5.02 Å². The third kappa shape index (κ3) is 7.62. The molecular formula is C30H28ClN3O5S. The third-order valence-corrected chi connectivity index (χ3v) is 7.68. The number of hydrazone groups is 1. The van der Waals surface area contributed by atoms with Crippen LogP contribution in [0.25, 0.3) is 0 Å². The van der Waals surface area contributed by atoms with Gasteiger partial charge in [-0.3, -0.25) is 9.10 Å². The van der Waals surface area contributed by atoms with Crippen molar-refractivity contribution >= 4 is 39.4 Å². The molecule has 0 spiro atoms. The van der Waals surface area contributed by atoms with Crippen molar-refractivity contribution in [2.45, 2.75) is 18.4 Å². The van der Waals surface area contributed by atoms with Crippen LogP contribution in [0.3, 0.4) is 0 Å². The van der Waals surface area contributed by atoms with Crippen LogP contribution in [-0.4, -0.2) is 33.7 Å². The lowest BCUT2D eigenvalue weighted by Gasteiger charge is -2.23. The highest BCUT2D eigenvalue weighted by atomic mass is 35.5. The van der Waals surface area contributed by atoms with E-state index >= 15 is 0 Å². The molecule has 0 unspecified atom stereocenters. The minimum Gasteiger partial charge on any atom is -0.490 e. The molecular weight excluding hydrogens is 550 g/mol. The Hall–Kier alpha value is -4.34. The first-order valence-electron chi connectivity index (χ1n) is 12.5. The predicted molar refractivity (Wildman–Crippen MR) is 157 cm³/mol. The summed E-state index contributed by atoms with van der Waals surface area (Å²) in [6, 6.07) is 29.2. The summed E-state index contributed by atoms with van der Waals surface area (Å²) >= 11 is 5.92. The fraction of sp³-hybridized carbons (Fsp3) is 0.133. The van der Waals surface area contributed by atoms with Gasteiger partial charge in [-0.25, -0.2) is 13.8 Å². The number of hydrogen-bond donors (Lipinski definition) is 1. The van der Waals surface area contributed by atoms with Crippen LogP contribution in [0.4, 0.5) is 5.69 Å². The van der Waals surface area contributed by atoms with E-state index in [-0.39, 0.29) is 4.90 Å². The van der Waals surface area contributed by atoms with E-state index in [0.29, 0.717) is 41.0 Å². The van der Waals surface area contributed by atoms with Crippen molar-refractivity contribution in [3.8, 4) is 11.5 Å². The van der Waals surface area contributed by atoms with Crippen molar-refractivity contribution < 1.29 is 22.7 Å². The van der Waals surface area contributed by atoms with Gasteiger partial charge in [0.2, 0.25) is 0 Å². The van der Waals surface area contributed by atoms with Gasteiger partial charge in [0.1, 0.15) is 13.2 Å². The molecule has 0 radical (unpaired) electrons. The average Bonchev–Trinajstić information content (AvgIpc) is 2.97. The molecule has 0 bridgehead atoms. The van der Waals surface area contributed by atoms with Crippen LogP contribution in [-0.2, 0) is 21.4 Å². The maximum absolute atomic E-state index is 13.4. The molecule has 1 N–H and O–H groups in total. The standard InChI is InChI=1S/C30H28ClN3O5S/c1-2-38-29-19-24(13-18-28(29)39-22-23-9-5-3-6-10-23)20-32-33-30(35)21-34(26-11-7-4-8-12-26)40(36,37)27-16-14-25(31)15-17-27/h3-20H,2,21-22H2,1H3,(H,33,35)/b32-20-. The van der Waals surface area contributed by atoms with Crippen LogP contribution >= 0.6 is 11.6 Å². The topological polar surface area (TPSA) is 97.3 Å². The molecule has 8 nitrogen and oxygen atoms in total. The van der Waals surface area contributed by atoms with Crippen molar-refractivity contribution in [3.05, 3.63) is 119 Å². The molecule has 0 saturated carbocycles. The Labute approximate surface area is 238 Å². The number of sulfonamides is 1. The minimum atomic E-state index is -4.05. The number of carbonyl (C=O) groups excluding carboxylic acids is 1. The van der Waals surface area contributed by atoms with Gasteiger partial charge in [0.15, 0.2) is 11.5 Å². The third-order valence-electron chi connectivity index (χ3n) is 5.64. The quantitative estimate of drug-likeness (QED) is 0.173. The van der Waals surface area contributed by atoms with Crippen LogP contribution < -0.4 is 19.2 Å². The monoisotopic (exact) mass is 577 g/mol. The molecule has 4 aromatic rings. The maximum Gasteiger partial charge on any atom is 0.264 e. The normalized spacial score (nSPS) is 11.2. The molecule has 10 heteroatoms. The summed E-state index contributed by atoms with van der Waals surface area (Å²) in [5.74, 6) is 0.501. The SMILES string of the molecule is CCOc1cc(/C=N\NC(=O)CN(c2ccccc2)S(=O)(=O)c2ccc(Cl)cc2)ccc1OCc1ccccc1. The molecule has 40 heavy (non-hydrogen) atoms. The average molecular weight is 578 g/mol. The zero-order valence-electron chi connectivity index (χ0n) is 21.7. The minimum absolute atomic E-state index is 0.00933. The zero-order valence-corrected chi connectivity index (χ0v) is 23.3. The molecule has 0 saturated heterocycles. The van der Waals surface area contributed by atoms with Gasteiger partial charge in [-0.05, 0) is 72.6 Å². The molecule has 0 fully saturated rings. The van der Waals surface area contributed by atoms with Gasteiger partial charge in [-0.2, -0.15) is 5.10 Å². The van der Waals surface area contributed by atoms with Crippen LogP contribution in [0.2, 0.25) is 5.02 Å². The lowest BCUT2D eigenvalue weighted by Crippen LogP contribution is -2.39. The van der Waals surface area contributed by atoms with E-state index < -0.39 is 22.5 Å². The molecule has 4 rings (SSSR count). The highest BCUT2D eigenvalue weighted by molar-refractivity contribution is 7.92. The van der Waals surface area contributed by atoms with E-state index in [1.54, 1.807) is 48.5 Å². The number of nitrogens with one attached hydrogen (secondary N) is 1. The summed E-state index contributed by atoms with van der Waals surface area (Å²) in [5.41, 5.74) is 4.43. The summed E-state index contributed by atoms with van der Waals surface area (Å²) in [6.45, 7) is 2.22. The highest BCUT2D eigenvalue weighted by Gasteiger charge is 2.27. The summed E-state index contributed by atoms with van der Waals surface area (Å²) < 4.78 is 39.4. The lowest BCUT2D eigenvalue weighted by molar-refractivity contribution is -0.119. The first-order valence-corrected chi connectivity index (χ1v) is 14.3. The predicted octanol–water partition coefficient (Wildman–Crippen LogP) is 5.66. The lowest BCUT2D eigenvalue weighted by atomic mass is 10.2. The molecule has 1 amide bonds. The molecule has 0 aliphatic carbocycles. The highest BCUT2D eigenvalue weighted by Crippen LogP contribution is 2.29. The van der Waals surface area contributed by atoms with Crippen molar-refractivity contribution in [1.82, 2.24) is 5.43 Å². The fourth-order valence-corrected chi connectivity index (χ4v) is 5.26. The maximum atomic E-state index is 13.4. The number of halogens is 1. The largest absolute Gasteiger partial charge is 0.490 e. The number of amides is 1. The van der Waals surface area contributed by atoms with Gasteiger partial charge >= 0.3 is 0 Å². The molecule has 206 valence electrons. The second-order valence-corrected chi connectivity index (χ2v) is 10.8. The number of para-hydroxylation sites is 1. The molecule has 0 atom stereocenters. The molecule has 0 heterocycles. The van der Waals surface area contributed by atoms with Crippen LogP contribution in [0.5, 0.6) is 11.5 Å². The molecule has 0 aliphatic rings. The second kappa shape index (κ2) is 13.6. The summed E-state index contributed by atoms with van der Waals surface area (Å²) in [5, 5.41) is 4.42. The van der Waals surface area contributed by atoms with E-state index in [2.05, 4.69) is 10.5 Å². The van der Waals surface area contributed by atoms with Gasteiger partial charge in [-0.15, -0.1) is 0 Å². The number of nitrogens with zero attached hydrogens (tertiary/aromatic N) is 2. The van der Waals surface area contributed by atoms with Crippen LogP contribution in [0.1, 0.15) is 18.1 Å². The van der Waals surface area contributed by atoms with E-state index in [1.165, 1.54) is 30.5 Å². The number of rotatable bonds is 12. The van der Waals surface area contributed by atoms with E-state index in [4.69, 9.17) is 21.1 Å². The summed E-state index contributed by atoms with van der Waals surface area (Å²) in [6.07, 6.45) is 1.45. The number of ether oxygens (including phenoxy) is 2. The summed E-state index contributed by atoms with van der Waals surface area (Å²) in [4.78, 5) is 12.8. The Morgan fingerprint density at radius 3 is 2.25 bits per heavy atom. The summed E-state index contributed by atoms with van der Waals surface area (Å²) in [7, 11) is -4.05. The van der Waals surface area contributed by atoms with Crippen molar-refractivity contribution in [3.63, 3.8) is 0 Å². The Bertz CT molecular complexity index is 1550. The first kappa shape index (κ1) is 28.7. The number of anilines is 1. The van der Waals surface area contributed by atoms with Crippen molar-refractivity contribution in [2.75, 3.05) is 17.5 Å². The Balaban J connectivity index is 1.45. The van der Waals surface area contributed by atoms with E-state index in [0.717, 1.165) is 9.87 Å². The molecule has 4 aromatic carbocycles. The Morgan fingerprint density at radius 1 is 0.900 bits per heavy atom. The molecule has 0 aromatic heterocycles. The Morgan fingerprint density at radius 2 is 1.57 bits per heavy atom. The smallest absolute Gasteiger partial charge is 0.264 e.